The van der Waals surface area contributed by atoms with Crippen molar-refractivity contribution in [1.82, 2.24) is 4.90 Å². The van der Waals surface area contributed by atoms with Crippen LogP contribution in [0.1, 0.15) is 16.8 Å². The summed E-state index contributed by atoms with van der Waals surface area (Å²) in [4.78, 5) is 25.2. The van der Waals surface area contributed by atoms with Crippen molar-refractivity contribution in [3.63, 3.8) is 0 Å². The average Bonchev–Trinajstić information content (AvgIpc) is 2.94. The van der Waals surface area contributed by atoms with Crippen LogP contribution in [0.2, 0.25) is 0 Å². The van der Waals surface area contributed by atoms with E-state index in [1.165, 1.54) is 12.0 Å². The molecule has 6 nitrogen and oxygen atoms in total. The van der Waals surface area contributed by atoms with Gasteiger partial charge < -0.3 is 19.5 Å². The summed E-state index contributed by atoms with van der Waals surface area (Å²) in [5, 5.41) is 9.39. The molecular weight excluding hydrogens is 312 g/mol. The van der Waals surface area contributed by atoms with Crippen molar-refractivity contribution in [3.8, 4) is 5.75 Å². The lowest BCUT2D eigenvalue weighted by Crippen LogP contribution is -2.40. The summed E-state index contributed by atoms with van der Waals surface area (Å²) in [5.74, 6) is -4.18. The van der Waals surface area contributed by atoms with Crippen molar-refractivity contribution in [2.24, 2.45) is 5.41 Å². The Kier molecular flexibility index (Phi) is 4.84. The number of likely N-dealkylation sites (tertiary alicyclic amines) is 1. The maximum Gasteiger partial charge on any atom is 0.313 e. The van der Waals surface area contributed by atoms with Gasteiger partial charge in [0.25, 0.3) is 5.91 Å². The Morgan fingerprint density at radius 1 is 1.30 bits per heavy atom. The van der Waals surface area contributed by atoms with Gasteiger partial charge in [0.1, 0.15) is 16.8 Å². The number of methoxy groups -OCH3 is 2. The lowest BCUT2D eigenvalue weighted by Gasteiger charge is -2.24. The zero-order valence-corrected chi connectivity index (χ0v) is 12.8. The maximum atomic E-state index is 14.0. The van der Waals surface area contributed by atoms with E-state index in [0.29, 0.717) is 0 Å². The van der Waals surface area contributed by atoms with Gasteiger partial charge >= 0.3 is 5.97 Å². The van der Waals surface area contributed by atoms with Gasteiger partial charge in [0.2, 0.25) is 0 Å². The fourth-order valence-corrected chi connectivity index (χ4v) is 2.77. The fourth-order valence-electron chi connectivity index (χ4n) is 2.77. The van der Waals surface area contributed by atoms with Crippen molar-refractivity contribution in [1.29, 1.82) is 0 Å². The molecule has 23 heavy (non-hydrogen) atoms. The number of carboxylic acid groups (broad SMARTS) is 1. The molecule has 0 bridgehead atoms. The summed E-state index contributed by atoms with van der Waals surface area (Å²) in [6.45, 7) is -0.114. The molecule has 0 radical (unpaired) electrons. The summed E-state index contributed by atoms with van der Waals surface area (Å²) in [7, 11) is 2.50. The molecule has 8 heteroatoms. The van der Waals surface area contributed by atoms with Crippen LogP contribution in [0.4, 0.5) is 8.78 Å². The van der Waals surface area contributed by atoms with Crippen LogP contribution in [0.15, 0.2) is 12.1 Å². The smallest absolute Gasteiger partial charge is 0.313 e. The Morgan fingerprint density at radius 2 is 1.96 bits per heavy atom. The minimum atomic E-state index is -1.25. The molecule has 1 fully saturated rings. The number of hydrogen-bond donors (Lipinski definition) is 1. The molecule has 1 atom stereocenters. The zero-order valence-electron chi connectivity index (χ0n) is 12.8. The van der Waals surface area contributed by atoms with E-state index in [4.69, 9.17) is 9.47 Å². The zero-order chi connectivity index (χ0) is 17.2. The summed E-state index contributed by atoms with van der Waals surface area (Å²) < 4.78 is 37.4. The number of carbonyl (C=O) groups excluding carboxylic acids is 1. The number of halogens is 2. The minimum Gasteiger partial charge on any atom is -0.493 e. The van der Waals surface area contributed by atoms with Crippen LogP contribution in [0.25, 0.3) is 0 Å². The van der Waals surface area contributed by atoms with Crippen molar-refractivity contribution in [2.75, 3.05) is 33.9 Å². The molecule has 1 aliphatic heterocycles. The SMILES string of the molecule is COCC1(C(=O)O)CCN(C(=O)c2c(F)ccc(F)c2OC)C1. The molecule has 0 saturated carbocycles. The van der Waals surface area contributed by atoms with E-state index in [2.05, 4.69) is 0 Å². The van der Waals surface area contributed by atoms with Crippen LogP contribution in [0.5, 0.6) is 5.75 Å². The van der Waals surface area contributed by atoms with Crippen LogP contribution in [-0.2, 0) is 9.53 Å². The highest BCUT2D eigenvalue weighted by Gasteiger charge is 2.47. The molecule has 1 heterocycles. The summed E-state index contributed by atoms with van der Waals surface area (Å²) >= 11 is 0. The lowest BCUT2D eigenvalue weighted by molar-refractivity contribution is -0.151. The molecule has 1 saturated heterocycles. The van der Waals surface area contributed by atoms with E-state index < -0.39 is 40.2 Å². The second-order valence-corrected chi connectivity index (χ2v) is 5.43. The van der Waals surface area contributed by atoms with Crippen LogP contribution in [-0.4, -0.2) is 55.8 Å². The summed E-state index contributed by atoms with van der Waals surface area (Å²) in [6, 6.07) is 1.70. The quantitative estimate of drug-likeness (QED) is 0.887. The number of aliphatic carboxylic acids is 1. The number of benzene rings is 1. The highest BCUT2D eigenvalue weighted by atomic mass is 19.1. The largest absolute Gasteiger partial charge is 0.493 e. The Labute approximate surface area is 131 Å². The number of carboxylic acids is 1. The number of rotatable bonds is 5. The first-order chi connectivity index (χ1) is 10.9. The molecule has 126 valence electrons. The first-order valence-electron chi connectivity index (χ1n) is 6.90. The average molecular weight is 329 g/mol. The predicted octanol–water partition coefficient (Wildman–Crippen LogP) is 1.54. The van der Waals surface area contributed by atoms with E-state index in [0.717, 1.165) is 19.2 Å². The highest BCUT2D eigenvalue weighted by molar-refractivity contribution is 5.98. The van der Waals surface area contributed by atoms with Crippen molar-refractivity contribution in [3.05, 3.63) is 29.3 Å². The van der Waals surface area contributed by atoms with Crippen LogP contribution < -0.4 is 4.74 Å². The predicted molar refractivity (Wildman–Crippen MR) is 75.4 cm³/mol. The third kappa shape index (κ3) is 2.98. The summed E-state index contributed by atoms with van der Waals surface area (Å²) in [6.07, 6.45) is 0.168. The molecule has 2 rings (SSSR count). The fraction of sp³-hybridized carbons (Fsp3) is 0.467. The maximum absolute atomic E-state index is 14.0. The van der Waals surface area contributed by atoms with Gasteiger partial charge in [0.05, 0.1) is 13.7 Å². The number of ether oxygens (including phenoxy) is 2. The molecule has 1 aromatic rings. The molecule has 0 aromatic heterocycles. The highest BCUT2D eigenvalue weighted by Crippen LogP contribution is 2.34. The van der Waals surface area contributed by atoms with Gasteiger partial charge in [-0.15, -0.1) is 0 Å². The van der Waals surface area contributed by atoms with Gasteiger partial charge in [-0.25, -0.2) is 8.78 Å². The molecule has 1 aromatic carbocycles. The Bertz CT molecular complexity index is 637. The minimum absolute atomic E-state index is 0.0745. The second-order valence-electron chi connectivity index (χ2n) is 5.43. The van der Waals surface area contributed by atoms with Gasteiger partial charge in [-0.2, -0.15) is 0 Å². The van der Waals surface area contributed by atoms with Gasteiger partial charge in [-0.3, -0.25) is 9.59 Å². The van der Waals surface area contributed by atoms with E-state index in [1.807, 2.05) is 0 Å². The van der Waals surface area contributed by atoms with Gasteiger partial charge in [-0.05, 0) is 18.6 Å². The molecule has 1 unspecified atom stereocenters. The number of amides is 1. The molecule has 0 spiro atoms. The van der Waals surface area contributed by atoms with Crippen molar-refractivity contribution >= 4 is 11.9 Å². The molecule has 0 aliphatic carbocycles. The lowest BCUT2D eigenvalue weighted by atomic mass is 9.88. The van der Waals surface area contributed by atoms with Gasteiger partial charge in [0, 0.05) is 20.2 Å². The van der Waals surface area contributed by atoms with Crippen LogP contribution in [0.3, 0.4) is 0 Å². The topological polar surface area (TPSA) is 76.1 Å². The first-order valence-corrected chi connectivity index (χ1v) is 6.90. The summed E-state index contributed by atoms with van der Waals surface area (Å²) in [5.41, 5.74) is -1.78. The van der Waals surface area contributed by atoms with Crippen LogP contribution in [0, 0.1) is 17.0 Å². The molecular formula is C15H17F2NO5. The second kappa shape index (κ2) is 6.49. The van der Waals surface area contributed by atoms with Gasteiger partial charge in [-0.1, -0.05) is 0 Å². The Morgan fingerprint density at radius 3 is 2.52 bits per heavy atom. The number of hydrogen-bond acceptors (Lipinski definition) is 4. The van der Waals surface area contributed by atoms with Crippen molar-refractivity contribution in [2.45, 2.75) is 6.42 Å². The third-order valence-corrected chi connectivity index (χ3v) is 3.99. The molecule has 1 aliphatic rings. The van der Waals surface area contributed by atoms with Gasteiger partial charge in [0.15, 0.2) is 11.6 Å². The van der Waals surface area contributed by atoms with E-state index in [-0.39, 0.29) is 26.1 Å². The van der Waals surface area contributed by atoms with E-state index in [1.54, 1.807) is 0 Å². The normalized spacial score (nSPS) is 20.6. The number of carbonyl (C=O) groups is 2. The van der Waals surface area contributed by atoms with E-state index in [9.17, 15) is 23.5 Å². The monoisotopic (exact) mass is 329 g/mol. The Hall–Kier alpha value is -2.22. The van der Waals surface area contributed by atoms with Crippen LogP contribution >= 0.6 is 0 Å². The Balaban J connectivity index is 2.33. The third-order valence-electron chi connectivity index (χ3n) is 3.99. The van der Waals surface area contributed by atoms with E-state index >= 15 is 0 Å². The standard InChI is InChI=1S/C15H17F2NO5/c1-22-8-15(14(20)21)5-6-18(7-15)13(19)11-9(16)3-4-10(17)12(11)23-2/h3-4H,5-8H2,1-2H3,(H,20,21). The molecule has 1 amide bonds. The van der Waals surface area contributed by atoms with Crippen molar-refractivity contribution < 1.29 is 33.0 Å². The molecule has 1 N–H and O–H groups in total. The first kappa shape index (κ1) is 17.1. The number of nitrogens with zero attached hydrogens (tertiary/aromatic N) is 1.